The molecule has 1 aromatic rings. The van der Waals surface area contributed by atoms with Crippen molar-refractivity contribution in [3.63, 3.8) is 0 Å². The Kier molecular flexibility index (Phi) is 4.40. The molecule has 4 heteroatoms. The highest BCUT2D eigenvalue weighted by atomic mass is 35.5. The quantitative estimate of drug-likeness (QED) is 0.888. The molecular formula is C13H17ClN2O. The molecule has 1 heterocycles. The van der Waals surface area contributed by atoms with Crippen LogP contribution in [0.2, 0.25) is 5.02 Å². The van der Waals surface area contributed by atoms with Gasteiger partial charge in [0.25, 0.3) is 0 Å². The third-order valence-corrected chi connectivity index (χ3v) is 3.22. The van der Waals surface area contributed by atoms with Crippen LogP contribution >= 0.6 is 11.6 Å². The average molecular weight is 253 g/mol. The Bertz CT molecular complexity index is 395. The third kappa shape index (κ3) is 3.72. The number of hydrogen-bond donors (Lipinski definition) is 1. The number of halogens is 1. The average Bonchev–Trinajstić information content (AvgIpc) is 2.52. The van der Waals surface area contributed by atoms with E-state index in [0.717, 1.165) is 37.6 Å². The first-order valence-corrected chi connectivity index (χ1v) is 6.36. The van der Waals surface area contributed by atoms with Gasteiger partial charge in [0.1, 0.15) is 0 Å². The van der Waals surface area contributed by atoms with E-state index in [1.54, 1.807) is 0 Å². The van der Waals surface area contributed by atoms with Gasteiger partial charge in [-0.1, -0.05) is 23.7 Å². The molecule has 1 aliphatic heterocycles. The third-order valence-electron chi connectivity index (χ3n) is 2.99. The van der Waals surface area contributed by atoms with Crippen molar-refractivity contribution in [3.8, 4) is 0 Å². The summed E-state index contributed by atoms with van der Waals surface area (Å²) in [6.45, 7) is 3.27. The molecule has 0 unspecified atom stereocenters. The van der Waals surface area contributed by atoms with E-state index in [1.165, 1.54) is 5.56 Å². The van der Waals surface area contributed by atoms with E-state index < -0.39 is 0 Å². The molecule has 0 atom stereocenters. The molecule has 0 saturated carbocycles. The van der Waals surface area contributed by atoms with Gasteiger partial charge in [-0.25, -0.2) is 0 Å². The molecule has 3 nitrogen and oxygen atoms in total. The van der Waals surface area contributed by atoms with Gasteiger partial charge in [-0.3, -0.25) is 4.79 Å². The Morgan fingerprint density at radius 3 is 3.06 bits per heavy atom. The lowest BCUT2D eigenvalue weighted by molar-refractivity contribution is -0.130. The number of carbonyl (C=O) groups is 1. The van der Waals surface area contributed by atoms with Crippen LogP contribution in [0.15, 0.2) is 24.3 Å². The summed E-state index contributed by atoms with van der Waals surface area (Å²) < 4.78 is 0. The molecule has 0 bridgehead atoms. The lowest BCUT2D eigenvalue weighted by Crippen LogP contribution is -2.34. The number of carbonyl (C=O) groups excluding carboxylic acids is 1. The monoisotopic (exact) mass is 252 g/mol. The predicted octanol–water partition coefficient (Wildman–Crippen LogP) is 1.70. The van der Waals surface area contributed by atoms with Crippen LogP contribution in [0, 0.1) is 0 Å². The van der Waals surface area contributed by atoms with Gasteiger partial charge in [0.05, 0.1) is 0 Å². The van der Waals surface area contributed by atoms with E-state index in [1.807, 2.05) is 29.2 Å². The smallest absolute Gasteiger partial charge is 0.223 e. The van der Waals surface area contributed by atoms with Crippen molar-refractivity contribution in [1.29, 1.82) is 0 Å². The fraction of sp³-hybridized carbons (Fsp3) is 0.462. The summed E-state index contributed by atoms with van der Waals surface area (Å²) in [5.74, 6) is 0.247. The van der Waals surface area contributed by atoms with E-state index >= 15 is 0 Å². The second-order valence-corrected chi connectivity index (χ2v) is 4.70. The fourth-order valence-corrected chi connectivity index (χ4v) is 2.22. The normalized spacial score (nSPS) is 17.0. The molecule has 0 aliphatic carbocycles. The second kappa shape index (κ2) is 6.03. The molecule has 1 N–H and O–H groups in total. The molecule has 0 radical (unpaired) electrons. The zero-order valence-electron chi connectivity index (χ0n) is 9.79. The van der Waals surface area contributed by atoms with E-state index in [9.17, 15) is 4.79 Å². The SMILES string of the molecule is O=C1CCNCCN1CCc1cccc(Cl)c1. The van der Waals surface area contributed by atoms with Crippen LogP contribution in [0.4, 0.5) is 0 Å². The van der Waals surface area contributed by atoms with Crippen molar-refractivity contribution in [2.45, 2.75) is 12.8 Å². The highest BCUT2D eigenvalue weighted by Gasteiger charge is 2.15. The van der Waals surface area contributed by atoms with Crippen molar-refractivity contribution in [2.24, 2.45) is 0 Å². The van der Waals surface area contributed by atoms with Crippen LogP contribution in [-0.2, 0) is 11.2 Å². The van der Waals surface area contributed by atoms with Gasteiger partial charge in [-0.15, -0.1) is 0 Å². The highest BCUT2D eigenvalue weighted by Crippen LogP contribution is 2.11. The van der Waals surface area contributed by atoms with E-state index in [4.69, 9.17) is 11.6 Å². The topological polar surface area (TPSA) is 32.3 Å². The Morgan fingerprint density at radius 1 is 1.35 bits per heavy atom. The summed E-state index contributed by atoms with van der Waals surface area (Å²) in [5, 5.41) is 3.99. The summed E-state index contributed by atoms with van der Waals surface area (Å²) in [5.41, 5.74) is 1.18. The molecular weight excluding hydrogens is 236 g/mol. The molecule has 1 aliphatic rings. The first-order valence-electron chi connectivity index (χ1n) is 5.98. The zero-order chi connectivity index (χ0) is 12.1. The number of amides is 1. The summed E-state index contributed by atoms with van der Waals surface area (Å²) in [6.07, 6.45) is 1.47. The second-order valence-electron chi connectivity index (χ2n) is 4.26. The summed E-state index contributed by atoms with van der Waals surface area (Å²) in [6, 6.07) is 7.82. The number of nitrogens with one attached hydrogen (secondary N) is 1. The summed E-state index contributed by atoms with van der Waals surface area (Å²) in [4.78, 5) is 13.7. The summed E-state index contributed by atoms with van der Waals surface area (Å²) >= 11 is 5.93. The lowest BCUT2D eigenvalue weighted by Gasteiger charge is -2.20. The van der Waals surface area contributed by atoms with Crippen molar-refractivity contribution < 1.29 is 4.79 Å². The maximum Gasteiger partial charge on any atom is 0.223 e. The molecule has 0 aromatic heterocycles. The fourth-order valence-electron chi connectivity index (χ4n) is 2.01. The first kappa shape index (κ1) is 12.4. The number of hydrogen-bond acceptors (Lipinski definition) is 2. The maximum absolute atomic E-state index is 11.8. The van der Waals surface area contributed by atoms with Crippen molar-refractivity contribution in [2.75, 3.05) is 26.2 Å². The molecule has 1 fully saturated rings. The van der Waals surface area contributed by atoms with Gasteiger partial charge < -0.3 is 10.2 Å². The Morgan fingerprint density at radius 2 is 2.24 bits per heavy atom. The van der Waals surface area contributed by atoms with Gasteiger partial charge >= 0.3 is 0 Å². The van der Waals surface area contributed by atoms with E-state index in [-0.39, 0.29) is 5.91 Å². The lowest BCUT2D eigenvalue weighted by atomic mass is 10.1. The number of nitrogens with zero attached hydrogens (tertiary/aromatic N) is 1. The van der Waals surface area contributed by atoms with Gasteiger partial charge in [-0.2, -0.15) is 0 Å². The zero-order valence-corrected chi connectivity index (χ0v) is 10.5. The van der Waals surface area contributed by atoms with Crippen LogP contribution in [0.1, 0.15) is 12.0 Å². The van der Waals surface area contributed by atoms with Crippen LogP contribution in [0.5, 0.6) is 0 Å². The van der Waals surface area contributed by atoms with Crippen molar-refractivity contribution >= 4 is 17.5 Å². The standard InChI is InChI=1S/C13H17ClN2O/c14-12-3-1-2-11(10-12)5-8-16-9-7-15-6-4-13(16)17/h1-3,10,15H,4-9H2. The molecule has 1 amide bonds. The number of rotatable bonds is 3. The molecule has 2 rings (SSSR count). The Hall–Kier alpha value is -1.06. The predicted molar refractivity (Wildman–Crippen MR) is 69.2 cm³/mol. The number of benzene rings is 1. The highest BCUT2D eigenvalue weighted by molar-refractivity contribution is 6.30. The molecule has 0 spiro atoms. The van der Waals surface area contributed by atoms with Crippen LogP contribution in [-0.4, -0.2) is 37.0 Å². The summed E-state index contributed by atoms with van der Waals surface area (Å²) in [7, 11) is 0. The van der Waals surface area contributed by atoms with Gasteiger partial charge in [0, 0.05) is 37.6 Å². The minimum Gasteiger partial charge on any atom is -0.341 e. The van der Waals surface area contributed by atoms with Crippen LogP contribution < -0.4 is 5.32 Å². The van der Waals surface area contributed by atoms with E-state index in [2.05, 4.69) is 5.32 Å². The Balaban J connectivity index is 1.90. The van der Waals surface area contributed by atoms with Gasteiger partial charge in [0.15, 0.2) is 0 Å². The van der Waals surface area contributed by atoms with Gasteiger partial charge in [-0.05, 0) is 24.1 Å². The first-order chi connectivity index (χ1) is 8.25. The molecule has 1 aromatic carbocycles. The Labute approximate surface area is 107 Å². The largest absolute Gasteiger partial charge is 0.341 e. The molecule has 92 valence electrons. The van der Waals surface area contributed by atoms with Crippen LogP contribution in [0.25, 0.3) is 0 Å². The van der Waals surface area contributed by atoms with Crippen molar-refractivity contribution in [3.05, 3.63) is 34.9 Å². The minimum atomic E-state index is 0.247. The molecule has 1 saturated heterocycles. The minimum absolute atomic E-state index is 0.247. The maximum atomic E-state index is 11.8. The molecule has 17 heavy (non-hydrogen) atoms. The van der Waals surface area contributed by atoms with Crippen molar-refractivity contribution in [1.82, 2.24) is 10.2 Å². The van der Waals surface area contributed by atoms with Crippen LogP contribution in [0.3, 0.4) is 0 Å². The van der Waals surface area contributed by atoms with E-state index in [0.29, 0.717) is 6.42 Å². The van der Waals surface area contributed by atoms with Gasteiger partial charge in [0.2, 0.25) is 5.91 Å².